The molecule has 2 heterocycles. The molecule has 1 atom stereocenters. The predicted molar refractivity (Wildman–Crippen MR) is 141 cm³/mol. The molecule has 0 aliphatic carbocycles. The lowest BCUT2D eigenvalue weighted by Crippen LogP contribution is -2.49. The summed E-state index contributed by atoms with van der Waals surface area (Å²) in [5.41, 5.74) is 4.45. The highest BCUT2D eigenvalue weighted by molar-refractivity contribution is 6.10. The van der Waals surface area contributed by atoms with Gasteiger partial charge >= 0.3 is 0 Å². The Morgan fingerprint density at radius 3 is 2.31 bits per heavy atom. The summed E-state index contributed by atoms with van der Waals surface area (Å²) in [5, 5.41) is 0. The molecular formula is C30H33N3O2. The van der Waals surface area contributed by atoms with E-state index in [0.717, 1.165) is 67.2 Å². The standard InChI is InChI=1S/C30H33N3O2/c1-3-33-28-15-8-7-14-27(28)30(29(33)35,25-11-5-4-6-12-25)16-17-31-18-20-32(21-19-31)26-13-9-10-24(22-26)23(2)34/h4-15,22H,3,16-21H2,1-2H3. The molecule has 1 unspecified atom stereocenters. The zero-order valence-corrected chi connectivity index (χ0v) is 20.6. The number of likely N-dealkylation sites (N-methyl/N-ethyl adjacent to an activating group) is 1. The largest absolute Gasteiger partial charge is 0.369 e. The maximum absolute atomic E-state index is 14.0. The van der Waals surface area contributed by atoms with E-state index in [1.807, 2.05) is 47.4 Å². The van der Waals surface area contributed by atoms with Gasteiger partial charge in [0.1, 0.15) is 5.41 Å². The molecule has 2 aliphatic rings. The third kappa shape index (κ3) is 4.14. The molecule has 3 aromatic rings. The molecule has 35 heavy (non-hydrogen) atoms. The van der Waals surface area contributed by atoms with Gasteiger partial charge in [0, 0.05) is 49.7 Å². The summed E-state index contributed by atoms with van der Waals surface area (Å²) in [6.07, 6.45) is 0.753. The van der Waals surface area contributed by atoms with Crippen LogP contribution in [0.1, 0.15) is 41.8 Å². The fourth-order valence-electron chi connectivity index (χ4n) is 5.70. The number of amides is 1. The van der Waals surface area contributed by atoms with Crippen molar-refractivity contribution in [2.75, 3.05) is 49.1 Å². The van der Waals surface area contributed by atoms with E-state index in [1.165, 1.54) is 0 Å². The monoisotopic (exact) mass is 467 g/mol. The van der Waals surface area contributed by atoms with Crippen LogP contribution in [-0.4, -0.2) is 55.9 Å². The van der Waals surface area contributed by atoms with Crippen molar-refractivity contribution in [1.29, 1.82) is 0 Å². The number of nitrogens with zero attached hydrogens (tertiary/aromatic N) is 3. The normalized spacial score (nSPS) is 20.2. The number of hydrogen-bond donors (Lipinski definition) is 0. The number of para-hydroxylation sites is 1. The molecule has 0 aromatic heterocycles. The molecule has 0 radical (unpaired) electrons. The minimum absolute atomic E-state index is 0.0966. The summed E-state index contributed by atoms with van der Waals surface area (Å²) in [6, 6.07) is 26.5. The number of hydrogen-bond acceptors (Lipinski definition) is 4. The number of rotatable bonds is 7. The molecule has 5 nitrogen and oxygen atoms in total. The molecule has 0 bridgehead atoms. The van der Waals surface area contributed by atoms with E-state index >= 15 is 0 Å². The van der Waals surface area contributed by atoms with Gasteiger partial charge in [0.05, 0.1) is 0 Å². The van der Waals surface area contributed by atoms with Gasteiger partial charge in [-0.1, -0.05) is 60.7 Å². The van der Waals surface area contributed by atoms with Crippen molar-refractivity contribution in [2.24, 2.45) is 0 Å². The first-order valence-corrected chi connectivity index (χ1v) is 12.6. The first-order chi connectivity index (χ1) is 17.0. The highest BCUT2D eigenvalue weighted by Gasteiger charge is 2.51. The second kappa shape index (κ2) is 9.67. The zero-order chi connectivity index (χ0) is 24.4. The number of Topliss-reactive ketones (excluding diaryl/α,β-unsaturated/α-hetero) is 1. The lowest BCUT2D eigenvalue weighted by Gasteiger charge is -2.38. The number of carbonyl (C=O) groups excluding carboxylic acids is 2. The third-order valence-electron chi connectivity index (χ3n) is 7.64. The van der Waals surface area contributed by atoms with Crippen LogP contribution in [0.5, 0.6) is 0 Å². The van der Waals surface area contributed by atoms with Crippen molar-refractivity contribution in [1.82, 2.24) is 4.90 Å². The molecule has 5 rings (SSSR count). The van der Waals surface area contributed by atoms with Gasteiger partial charge in [-0.3, -0.25) is 14.5 Å². The Hall–Kier alpha value is -3.44. The van der Waals surface area contributed by atoms with E-state index < -0.39 is 5.41 Å². The van der Waals surface area contributed by atoms with Crippen molar-refractivity contribution in [3.8, 4) is 0 Å². The highest BCUT2D eigenvalue weighted by atomic mass is 16.2. The van der Waals surface area contributed by atoms with Crippen LogP contribution in [-0.2, 0) is 10.2 Å². The summed E-state index contributed by atoms with van der Waals surface area (Å²) in [7, 11) is 0. The first kappa shape index (κ1) is 23.3. The summed E-state index contributed by atoms with van der Waals surface area (Å²) in [4.78, 5) is 32.5. The van der Waals surface area contributed by atoms with Crippen LogP contribution in [0.4, 0.5) is 11.4 Å². The fraction of sp³-hybridized carbons (Fsp3) is 0.333. The van der Waals surface area contributed by atoms with Gasteiger partial charge in [-0.15, -0.1) is 0 Å². The first-order valence-electron chi connectivity index (χ1n) is 12.6. The van der Waals surface area contributed by atoms with E-state index in [4.69, 9.17) is 0 Å². The second-order valence-electron chi connectivity index (χ2n) is 9.52. The van der Waals surface area contributed by atoms with E-state index in [0.29, 0.717) is 6.54 Å². The van der Waals surface area contributed by atoms with Crippen LogP contribution in [0.2, 0.25) is 0 Å². The van der Waals surface area contributed by atoms with Crippen LogP contribution in [0, 0.1) is 0 Å². The van der Waals surface area contributed by atoms with Crippen molar-refractivity contribution in [3.63, 3.8) is 0 Å². The van der Waals surface area contributed by atoms with Crippen molar-refractivity contribution < 1.29 is 9.59 Å². The van der Waals surface area contributed by atoms with E-state index in [1.54, 1.807) is 6.92 Å². The molecule has 1 amide bonds. The average Bonchev–Trinajstić information content (AvgIpc) is 3.16. The van der Waals surface area contributed by atoms with E-state index in [-0.39, 0.29) is 11.7 Å². The Labute approximate surface area is 208 Å². The SMILES string of the molecule is CCN1C(=O)C(CCN2CCN(c3cccc(C(C)=O)c3)CC2)(c2ccccc2)c2ccccc21. The number of benzene rings is 3. The number of anilines is 2. The lowest BCUT2D eigenvalue weighted by molar-refractivity contribution is -0.122. The van der Waals surface area contributed by atoms with E-state index in [9.17, 15) is 9.59 Å². The Balaban J connectivity index is 1.35. The van der Waals surface area contributed by atoms with Crippen LogP contribution >= 0.6 is 0 Å². The van der Waals surface area contributed by atoms with Crippen molar-refractivity contribution >= 4 is 23.1 Å². The summed E-state index contributed by atoms with van der Waals surface area (Å²) in [5.74, 6) is 0.284. The van der Waals surface area contributed by atoms with Gasteiger partial charge in [-0.05, 0) is 56.1 Å². The number of piperazine rings is 1. The van der Waals surface area contributed by atoms with Gasteiger partial charge in [-0.25, -0.2) is 0 Å². The Morgan fingerprint density at radius 2 is 1.60 bits per heavy atom. The van der Waals surface area contributed by atoms with Gasteiger partial charge in [0.2, 0.25) is 5.91 Å². The molecule has 2 aliphatic heterocycles. The number of ketones is 1. The van der Waals surface area contributed by atoms with Crippen LogP contribution < -0.4 is 9.80 Å². The summed E-state index contributed by atoms with van der Waals surface area (Å²) in [6.45, 7) is 8.87. The molecule has 0 saturated carbocycles. The molecule has 1 fully saturated rings. The van der Waals surface area contributed by atoms with Gasteiger partial charge in [-0.2, -0.15) is 0 Å². The van der Waals surface area contributed by atoms with Gasteiger partial charge in [0.15, 0.2) is 5.78 Å². The third-order valence-corrected chi connectivity index (χ3v) is 7.64. The Kier molecular flexibility index (Phi) is 6.44. The van der Waals surface area contributed by atoms with Gasteiger partial charge < -0.3 is 9.80 Å². The molecule has 0 spiro atoms. The molecule has 1 saturated heterocycles. The topological polar surface area (TPSA) is 43.9 Å². The second-order valence-corrected chi connectivity index (χ2v) is 9.52. The minimum Gasteiger partial charge on any atom is -0.369 e. The molecule has 0 N–H and O–H groups in total. The molecule has 5 heteroatoms. The lowest BCUT2D eigenvalue weighted by atomic mass is 9.72. The smallest absolute Gasteiger partial charge is 0.242 e. The molecule has 3 aromatic carbocycles. The summed E-state index contributed by atoms with van der Waals surface area (Å²) >= 11 is 0. The van der Waals surface area contributed by atoms with Crippen molar-refractivity contribution in [3.05, 3.63) is 95.6 Å². The fourth-order valence-corrected chi connectivity index (χ4v) is 5.70. The average molecular weight is 468 g/mol. The number of carbonyl (C=O) groups is 2. The predicted octanol–water partition coefficient (Wildman–Crippen LogP) is 4.75. The maximum Gasteiger partial charge on any atom is 0.242 e. The molecule has 180 valence electrons. The van der Waals surface area contributed by atoms with Gasteiger partial charge in [0.25, 0.3) is 0 Å². The highest BCUT2D eigenvalue weighted by Crippen LogP contribution is 2.48. The Bertz CT molecular complexity index is 1220. The maximum atomic E-state index is 14.0. The number of fused-ring (bicyclic) bond motifs is 1. The van der Waals surface area contributed by atoms with E-state index in [2.05, 4.69) is 53.1 Å². The Morgan fingerprint density at radius 1 is 0.886 bits per heavy atom. The van der Waals surface area contributed by atoms with Crippen LogP contribution in [0.25, 0.3) is 0 Å². The zero-order valence-electron chi connectivity index (χ0n) is 20.6. The minimum atomic E-state index is -0.652. The summed E-state index contributed by atoms with van der Waals surface area (Å²) < 4.78 is 0. The quantitative estimate of drug-likeness (QED) is 0.470. The van der Waals surface area contributed by atoms with Crippen molar-refractivity contribution in [2.45, 2.75) is 25.7 Å². The van der Waals surface area contributed by atoms with Crippen LogP contribution in [0.3, 0.4) is 0 Å². The molecular weight excluding hydrogens is 434 g/mol. The van der Waals surface area contributed by atoms with Crippen LogP contribution in [0.15, 0.2) is 78.9 Å².